The summed E-state index contributed by atoms with van der Waals surface area (Å²) in [5.41, 5.74) is -0.308. The van der Waals surface area contributed by atoms with E-state index in [9.17, 15) is 9.59 Å². The van der Waals surface area contributed by atoms with Crippen LogP contribution in [0.2, 0.25) is 0 Å². The zero-order valence-corrected chi connectivity index (χ0v) is 11.2. The van der Waals surface area contributed by atoms with Crippen molar-refractivity contribution in [3.63, 3.8) is 0 Å². The highest BCUT2D eigenvalue weighted by Gasteiger charge is 2.18. The topological polar surface area (TPSA) is 75.3 Å². The number of carbonyl (C=O) groups excluding carboxylic acids is 1. The van der Waals surface area contributed by atoms with E-state index in [1.165, 1.54) is 4.57 Å². The summed E-state index contributed by atoms with van der Waals surface area (Å²) < 4.78 is 6.74. The van der Waals surface area contributed by atoms with Crippen molar-refractivity contribution in [3.05, 3.63) is 28.7 Å². The number of ether oxygens (including phenoxy) is 1. The van der Waals surface area contributed by atoms with E-state index in [1.54, 1.807) is 23.2 Å². The van der Waals surface area contributed by atoms with Crippen LogP contribution in [0, 0.1) is 11.3 Å². The second kappa shape index (κ2) is 6.75. The van der Waals surface area contributed by atoms with Crippen LogP contribution in [0.25, 0.3) is 0 Å². The van der Waals surface area contributed by atoms with Gasteiger partial charge in [0.25, 0.3) is 11.5 Å². The third-order valence-electron chi connectivity index (χ3n) is 3.26. The molecule has 1 aliphatic heterocycles. The highest BCUT2D eigenvalue weighted by atomic mass is 16.5. The van der Waals surface area contributed by atoms with Gasteiger partial charge in [0.2, 0.25) is 0 Å². The van der Waals surface area contributed by atoms with Crippen LogP contribution in [0.4, 0.5) is 0 Å². The van der Waals surface area contributed by atoms with Crippen LogP contribution < -0.4 is 10.3 Å². The number of nitrogens with zero attached hydrogens (tertiary/aromatic N) is 3. The van der Waals surface area contributed by atoms with Crippen LogP contribution in [0.5, 0.6) is 5.75 Å². The molecule has 6 nitrogen and oxygen atoms in total. The number of nitriles is 1. The third-order valence-corrected chi connectivity index (χ3v) is 3.26. The minimum absolute atomic E-state index is 0.0886. The first-order chi connectivity index (χ1) is 9.72. The van der Waals surface area contributed by atoms with Gasteiger partial charge in [0.1, 0.15) is 0 Å². The molecule has 0 aromatic carbocycles. The summed E-state index contributed by atoms with van der Waals surface area (Å²) in [6.45, 7) is 1.75. The number of likely N-dealkylation sites (tertiary alicyclic amines) is 1. The van der Waals surface area contributed by atoms with Gasteiger partial charge < -0.3 is 14.2 Å². The summed E-state index contributed by atoms with van der Waals surface area (Å²) in [5, 5.41) is 8.54. The van der Waals surface area contributed by atoms with Gasteiger partial charge in [-0.3, -0.25) is 9.59 Å². The standard InChI is InChI=1S/C14H17N3O3/c15-6-4-10-17-9-3-5-12(14(17)19)20-11-13(18)16-7-1-2-8-16/h3,5,9H,1-2,4,7-8,10-11H2. The van der Waals surface area contributed by atoms with Crippen molar-refractivity contribution in [3.8, 4) is 11.8 Å². The fourth-order valence-corrected chi connectivity index (χ4v) is 2.17. The summed E-state index contributed by atoms with van der Waals surface area (Å²) in [4.78, 5) is 25.6. The number of pyridine rings is 1. The van der Waals surface area contributed by atoms with Crippen LogP contribution >= 0.6 is 0 Å². The first-order valence-electron chi connectivity index (χ1n) is 6.69. The maximum atomic E-state index is 12.0. The maximum absolute atomic E-state index is 12.0. The van der Waals surface area contributed by atoms with Gasteiger partial charge in [-0.05, 0) is 25.0 Å². The molecule has 106 valence electrons. The quantitative estimate of drug-likeness (QED) is 0.795. The second-order valence-corrected chi connectivity index (χ2v) is 4.66. The summed E-state index contributed by atoms with van der Waals surface area (Å²) >= 11 is 0. The Hall–Kier alpha value is -2.29. The van der Waals surface area contributed by atoms with Gasteiger partial charge in [-0.15, -0.1) is 0 Å². The summed E-state index contributed by atoms with van der Waals surface area (Å²) in [6.07, 6.45) is 3.92. The predicted molar refractivity (Wildman–Crippen MR) is 72.2 cm³/mol. The Labute approximate surface area is 117 Å². The van der Waals surface area contributed by atoms with Gasteiger partial charge in [0.05, 0.1) is 12.5 Å². The number of hydrogen-bond donors (Lipinski definition) is 0. The molecule has 0 saturated carbocycles. The van der Waals surface area contributed by atoms with Crippen molar-refractivity contribution in [2.24, 2.45) is 0 Å². The Bertz CT molecular complexity index is 568. The highest BCUT2D eigenvalue weighted by Crippen LogP contribution is 2.08. The summed E-state index contributed by atoms with van der Waals surface area (Å²) in [6, 6.07) is 5.21. The lowest BCUT2D eigenvalue weighted by Crippen LogP contribution is -2.33. The molecule has 0 atom stereocenters. The molecule has 1 aliphatic rings. The average molecular weight is 275 g/mol. The predicted octanol–water partition coefficient (Wildman–Crippen LogP) is 0.763. The van der Waals surface area contributed by atoms with E-state index in [4.69, 9.17) is 10.00 Å². The van der Waals surface area contributed by atoms with Gasteiger partial charge in [-0.1, -0.05) is 0 Å². The molecular formula is C14H17N3O3. The lowest BCUT2D eigenvalue weighted by atomic mass is 10.4. The van der Waals surface area contributed by atoms with Gasteiger partial charge in [-0.2, -0.15) is 5.26 Å². The molecule has 2 heterocycles. The molecule has 1 amide bonds. The van der Waals surface area contributed by atoms with E-state index in [2.05, 4.69) is 0 Å². The van der Waals surface area contributed by atoms with Crippen LogP contribution in [-0.2, 0) is 11.3 Å². The van der Waals surface area contributed by atoms with E-state index in [1.807, 2.05) is 6.07 Å². The fourth-order valence-electron chi connectivity index (χ4n) is 2.17. The lowest BCUT2D eigenvalue weighted by Gasteiger charge is -2.15. The molecule has 20 heavy (non-hydrogen) atoms. The van der Waals surface area contributed by atoms with Crippen LogP contribution in [0.15, 0.2) is 23.1 Å². The van der Waals surface area contributed by atoms with E-state index >= 15 is 0 Å². The van der Waals surface area contributed by atoms with Gasteiger partial charge in [0.15, 0.2) is 12.4 Å². The van der Waals surface area contributed by atoms with E-state index in [-0.39, 0.29) is 30.2 Å². The number of amides is 1. The van der Waals surface area contributed by atoms with E-state index in [0.29, 0.717) is 6.54 Å². The summed E-state index contributed by atoms with van der Waals surface area (Å²) in [5.74, 6) is 0.0623. The van der Waals surface area contributed by atoms with Crippen LogP contribution in [-0.4, -0.2) is 35.1 Å². The largest absolute Gasteiger partial charge is 0.478 e. The van der Waals surface area contributed by atoms with E-state index in [0.717, 1.165) is 25.9 Å². The molecule has 0 aliphatic carbocycles. The number of aromatic nitrogens is 1. The molecule has 0 bridgehead atoms. The highest BCUT2D eigenvalue weighted by molar-refractivity contribution is 5.77. The Morgan fingerprint density at radius 3 is 2.85 bits per heavy atom. The smallest absolute Gasteiger partial charge is 0.292 e. The fraction of sp³-hybridized carbons (Fsp3) is 0.500. The first kappa shape index (κ1) is 14.1. The lowest BCUT2D eigenvalue weighted by molar-refractivity contribution is -0.132. The molecule has 0 unspecified atom stereocenters. The normalized spacial score (nSPS) is 14.1. The number of hydrogen-bond acceptors (Lipinski definition) is 4. The second-order valence-electron chi connectivity index (χ2n) is 4.66. The molecule has 1 aromatic heterocycles. The Morgan fingerprint density at radius 2 is 2.15 bits per heavy atom. The monoisotopic (exact) mass is 275 g/mol. The van der Waals surface area contributed by atoms with Crippen LogP contribution in [0.1, 0.15) is 19.3 Å². The third kappa shape index (κ3) is 3.38. The minimum Gasteiger partial charge on any atom is -0.478 e. The number of carbonyl (C=O) groups is 1. The van der Waals surface area contributed by atoms with Crippen molar-refractivity contribution in [1.29, 1.82) is 5.26 Å². The molecular weight excluding hydrogens is 258 g/mol. The van der Waals surface area contributed by atoms with Gasteiger partial charge in [0, 0.05) is 25.8 Å². The molecule has 1 aromatic rings. The molecule has 1 saturated heterocycles. The Morgan fingerprint density at radius 1 is 1.40 bits per heavy atom. The summed E-state index contributed by atoms with van der Waals surface area (Å²) in [7, 11) is 0. The average Bonchev–Trinajstić information content (AvgIpc) is 2.99. The van der Waals surface area contributed by atoms with Gasteiger partial charge >= 0.3 is 0 Å². The van der Waals surface area contributed by atoms with Crippen molar-refractivity contribution in [1.82, 2.24) is 9.47 Å². The molecule has 1 fully saturated rings. The van der Waals surface area contributed by atoms with Crippen molar-refractivity contribution in [2.45, 2.75) is 25.8 Å². The van der Waals surface area contributed by atoms with Crippen molar-refractivity contribution < 1.29 is 9.53 Å². The molecule has 0 radical (unpaired) electrons. The minimum atomic E-state index is -0.308. The molecule has 0 spiro atoms. The van der Waals surface area contributed by atoms with Crippen molar-refractivity contribution >= 4 is 5.91 Å². The maximum Gasteiger partial charge on any atom is 0.292 e. The van der Waals surface area contributed by atoms with Gasteiger partial charge in [-0.25, -0.2) is 0 Å². The zero-order chi connectivity index (χ0) is 14.4. The van der Waals surface area contributed by atoms with E-state index < -0.39 is 0 Å². The van der Waals surface area contributed by atoms with Crippen molar-refractivity contribution in [2.75, 3.05) is 19.7 Å². The molecule has 0 N–H and O–H groups in total. The molecule has 6 heteroatoms. The SMILES string of the molecule is N#CCCn1cccc(OCC(=O)N2CCCC2)c1=O. The Kier molecular flexibility index (Phi) is 4.77. The first-order valence-corrected chi connectivity index (χ1v) is 6.69. The number of aryl methyl sites for hydroxylation is 1. The van der Waals surface area contributed by atoms with Crippen LogP contribution in [0.3, 0.4) is 0 Å². The Balaban J connectivity index is 1.97. The molecule has 2 rings (SSSR count). The number of rotatable bonds is 5. The zero-order valence-electron chi connectivity index (χ0n) is 11.2.